The van der Waals surface area contributed by atoms with Gasteiger partial charge in [0.2, 0.25) is 0 Å². The van der Waals surface area contributed by atoms with Crippen molar-refractivity contribution in [1.82, 2.24) is 9.62 Å². The molecule has 0 aliphatic carbocycles. The number of hydrogen-bond acceptors (Lipinski definition) is 2. The predicted molar refractivity (Wildman–Crippen MR) is 73.5 cm³/mol. The van der Waals surface area contributed by atoms with E-state index in [-0.39, 0.29) is 18.1 Å². The topological polar surface area (TPSA) is 49.4 Å². The van der Waals surface area contributed by atoms with Crippen molar-refractivity contribution in [2.75, 3.05) is 0 Å². The normalized spacial score (nSPS) is 12.6. The van der Waals surface area contributed by atoms with Crippen molar-refractivity contribution in [3.05, 3.63) is 30.3 Å². The SMILES string of the molecule is CC(C)N(C(=O)NS(=O)c1ccccc1)C(C)C. The van der Waals surface area contributed by atoms with Crippen LogP contribution in [0.4, 0.5) is 4.79 Å². The predicted octanol–water partition coefficient (Wildman–Crippen LogP) is 2.54. The maximum Gasteiger partial charge on any atom is 0.329 e. The molecular formula is C13H20N2O2S. The van der Waals surface area contributed by atoms with E-state index in [1.54, 1.807) is 29.2 Å². The summed E-state index contributed by atoms with van der Waals surface area (Å²) in [5.41, 5.74) is 0. The van der Waals surface area contributed by atoms with Crippen LogP contribution in [0, 0.1) is 0 Å². The van der Waals surface area contributed by atoms with Crippen LogP contribution in [0.15, 0.2) is 35.2 Å². The summed E-state index contributed by atoms with van der Waals surface area (Å²) in [6.07, 6.45) is 0. The first-order chi connectivity index (χ1) is 8.43. The molecule has 4 nitrogen and oxygen atoms in total. The second-order valence-corrected chi connectivity index (χ2v) is 5.80. The Balaban J connectivity index is 2.73. The van der Waals surface area contributed by atoms with Crippen LogP contribution >= 0.6 is 0 Å². The molecular weight excluding hydrogens is 248 g/mol. The average Bonchev–Trinajstić information content (AvgIpc) is 2.28. The van der Waals surface area contributed by atoms with Gasteiger partial charge in [0.25, 0.3) is 0 Å². The van der Waals surface area contributed by atoms with Gasteiger partial charge in [-0.1, -0.05) is 18.2 Å². The Morgan fingerprint density at radius 2 is 1.61 bits per heavy atom. The molecule has 0 fully saturated rings. The number of rotatable bonds is 4. The highest BCUT2D eigenvalue weighted by Gasteiger charge is 2.21. The van der Waals surface area contributed by atoms with E-state index in [2.05, 4.69) is 4.72 Å². The molecule has 0 saturated carbocycles. The minimum absolute atomic E-state index is 0.0674. The summed E-state index contributed by atoms with van der Waals surface area (Å²) >= 11 is 0. The van der Waals surface area contributed by atoms with E-state index in [4.69, 9.17) is 0 Å². The summed E-state index contributed by atoms with van der Waals surface area (Å²) in [7, 11) is -1.51. The Bertz CT molecular complexity index is 410. The number of carbonyl (C=O) groups excluding carboxylic acids is 1. The van der Waals surface area contributed by atoms with Crippen molar-refractivity contribution in [3.8, 4) is 0 Å². The zero-order chi connectivity index (χ0) is 13.7. The molecule has 5 heteroatoms. The maximum absolute atomic E-state index is 12.0. The Hall–Kier alpha value is -1.36. The van der Waals surface area contributed by atoms with Gasteiger partial charge in [0.1, 0.15) is 0 Å². The maximum atomic E-state index is 12.0. The van der Waals surface area contributed by atoms with Gasteiger partial charge in [-0.05, 0) is 39.8 Å². The highest BCUT2D eigenvalue weighted by molar-refractivity contribution is 7.83. The molecule has 18 heavy (non-hydrogen) atoms. The van der Waals surface area contributed by atoms with Gasteiger partial charge in [-0.3, -0.25) is 4.72 Å². The molecule has 0 radical (unpaired) electrons. The summed E-state index contributed by atoms with van der Waals surface area (Å²) in [5, 5.41) is 0. The fourth-order valence-corrected chi connectivity index (χ4v) is 2.59. The molecule has 0 bridgehead atoms. The van der Waals surface area contributed by atoms with Gasteiger partial charge in [-0.2, -0.15) is 0 Å². The fourth-order valence-electron chi connectivity index (χ4n) is 1.80. The minimum atomic E-state index is -1.51. The van der Waals surface area contributed by atoms with Gasteiger partial charge in [0.05, 0.1) is 4.90 Å². The summed E-state index contributed by atoms with van der Waals surface area (Å²) in [4.78, 5) is 14.3. The zero-order valence-electron chi connectivity index (χ0n) is 11.2. The lowest BCUT2D eigenvalue weighted by atomic mass is 10.2. The third-order valence-electron chi connectivity index (χ3n) is 2.48. The molecule has 0 aliphatic heterocycles. The first-order valence-corrected chi connectivity index (χ1v) is 7.14. The molecule has 0 heterocycles. The molecule has 0 spiro atoms. The monoisotopic (exact) mass is 268 g/mol. The molecule has 0 aromatic heterocycles. The standard InChI is InChI=1S/C13H20N2O2S/c1-10(2)15(11(3)4)13(16)14-18(17)12-8-6-5-7-9-12/h5-11H,1-4H3,(H,14,16). The minimum Gasteiger partial charge on any atom is -0.319 e. The molecule has 1 N–H and O–H groups in total. The van der Waals surface area contributed by atoms with Gasteiger partial charge in [-0.15, -0.1) is 0 Å². The van der Waals surface area contributed by atoms with Gasteiger partial charge >= 0.3 is 6.03 Å². The third-order valence-corrected chi connectivity index (χ3v) is 3.54. The van der Waals surface area contributed by atoms with E-state index in [9.17, 15) is 9.00 Å². The van der Waals surface area contributed by atoms with Crippen LogP contribution in [0.25, 0.3) is 0 Å². The van der Waals surface area contributed by atoms with Gasteiger partial charge in [-0.25, -0.2) is 9.00 Å². The first-order valence-electron chi connectivity index (χ1n) is 5.99. The second kappa shape index (κ2) is 6.54. The van der Waals surface area contributed by atoms with E-state index >= 15 is 0 Å². The number of benzene rings is 1. The Labute approximate surface area is 111 Å². The van der Waals surface area contributed by atoms with Crippen molar-refractivity contribution < 1.29 is 9.00 Å². The summed E-state index contributed by atoms with van der Waals surface area (Å²) in [6.45, 7) is 7.74. The number of amides is 2. The molecule has 1 unspecified atom stereocenters. The number of nitrogens with one attached hydrogen (secondary N) is 1. The third kappa shape index (κ3) is 3.84. The highest BCUT2D eigenvalue weighted by Crippen LogP contribution is 2.08. The Kier molecular flexibility index (Phi) is 5.34. The smallest absolute Gasteiger partial charge is 0.319 e. The van der Waals surface area contributed by atoms with Gasteiger partial charge < -0.3 is 4.90 Å². The molecule has 0 aliphatic rings. The lowest BCUT2D eigenvalue weighted by molar-refractivity contribution is 0.171. The van der Waals surface area contributed by atoms with E-state index in [1.807, 2.05) is 33.8 Å². The van der Waals surface area contributed by atoms with Gasteiger partial charge in [0, 0.05) is 12.1 Å². The summed E-state index contributed by atoms with van der Waals surface area (Å²) < 4.78 is 14.5. The van der Waals surface area contributed by atoms with Crippen LogP contribution in [-0.4, -0.2) is 27.2 Å². The number of carbonyl (C=O) groups is 1. The highest BCUT2D eigenvalue weighted by atomic mass is 32.2. The molecule has 2 amide bonds. The zero-order valence-corrected chi connectivity index (χ0v) is 12.0. The van der Waals surface area contributed by atoms with Crippen molar-refractivity contribution in [1.29, 1.82) is 0 Å². The fraction of sp³-hybridized carbons (Fsp3) is 0.462. The number of hydrogen-bond donors (Lipinski definition) is 1. The van der Waals surface area contributed by atoms with E-state index in [1.165, 1.54) is 0 Å². The van der Waals surface area contributed by atoms with Crippen molar-refractivity contribution in [2.45, 2.75) is 44.7 Å². The molecule has 1 aromatic rings. The first kappa shape index (κ1) is 14.7. The molecule has 0 saturated heterocycles. The number of urea groups is 1. The molecule has 1 aromatic carbocycles. The second-order valence-electron chi connectivity index (χ2n) is 4.58. The number of nitrogens with zero attached hydrogens (tertiary/aromatic N) is 1. The lowest BCUT2D eigenvalue weighted by Gasteiger charge is -2.30. The Morgan fingerprint density at radius 1 is 1.11 bits per heavy atom. The van der Waals surface area contributed by atoms with Crippen LogP contribution in [0.1, 0.15) is 27.7 Å². The van der Waals surface area contributed by atoms with Crippen molar-refractivity contribution in [2.24, 2.45) is 0 Å². The quantitative estimate of drug-likeness (QED) is 0.912. The van der Waals surface area contributed by atoms with Crippen molar-refractivity contribution in [3.63, 3.8) is 0 Å². The van der Waals surface area contributed by atoms with Gasteiger partial charge in [0.15, 0.2) is 11.0 Å². The summed E-state index contributed by atoms with van der Waals surface area (Å²) in [6, 6.07) is 8.72. The average molecular weight is 268 g/mol. The van der Waals surface area contributed by atoms with E-state index in [0.29, 0.717) is 4.90 Å². The lowest BCUT2D eigenvalue weighted by Crippen LogP contribution is -2.48. The van der Waals surface area contributed by atoms with E-state index < -0.39 is 11.0 Å². The van der Waals surface area contributed by atoms with Crippen LogP contribution in [-0.2, 0) is 11.0 Å². The van der Waals surface area contributed by atoms with Crippen LogP contribution < -0.4 is 4.72 Å². The Morgan fingerprint density at radius 3 is 2.06 bits per heavy atom. The molecule has 100 valence electrons. The summed E-state index contributed by atoms with van der Waals surface area (Å²) in [5.74, 6) is 0. The largest absolute Gasteiger partial charge is 0.329 e. The molecule has 1 atom stereocenters. The van der Waals surface area contributed by atoms with Crippen LogP contribution in [0.5, 0.6) is 0 Å². The van der Waals surface area contributed by atoms with E-state index in [0.717, 1.165) is 0 Å². The van der Waals surface area contributed by atoms with Crippen LogP contribution in [0.3, 0.4) is 0 Å². The molecule has 1 rings (SSSR count). The van der Waals surface area contributed by atoms with Crippen LogP contribution in [0.2, 0.25) is 0 Å². The van der Waals surface area contributed by atoms with Crippen molar-refractivity contribution >= 4 is 17.0 Å².